The van der Waals surface area contributed by atoms with Gasteiger partial charge < -0.3 is 15.7 Å². The summed E-state index contributed by atoms with van der Waals surface area (Å²) in [6.45, 7) is 3.20. The summed E-state index contributed by atoms with van der Waals surface area (Å²) in [5, 5.41) is 17.3. The highest BCUT2D eigenvalue weighted by molar-refractivity contribution is 7.12. The summed E-state index contributed by atoms with van der Waals surface area (Å²) < 4.78 is 0. The highest BCUT2D eigenvalue weighted by Gasteiger charge is 2.26. The smallest absolute Gasteiger partial charge is 0.265 e. The van der Waals surface area contributed by atoms with Gasteiger partial charge in [0.25, 0.3) is 5.91 Å². The van der Waals surface area contributed by atoms with Crippen molar-refractivity contribution < 1.29 is 14.7 Å². The summed E-state index contributed by atoms with van der Waals surface area (Å²) in [6.07, 6.45) is 1.34. The van der Waals surface area contributed by atoms with Crippen molar-refractivity contribution in [3.05, 3.63) is 46.7 Å². The monoisotopic (exact) mass is 373 g/mol. The molecule has 138 valence electrons. The number of thiophene rings is 1. The van der Waals surface area contributed by atoms with Gasteiger partial charge in [-0.1, -0.05) is 6.07 Å². The minimum absolute atomic E-state index is 0.102. The van der Waals surface area contributed by atoms with Crippen LogP contribution in [-0.4, -0.2) is 47.1 Å². The molecule has 26 heavy (non-hydrogen) atoms. The SMILES string of the molecule is C[C@H](C(=O)Nc1ccc(NC(=O)c2cccs2)cc1)N1CCC[C@H](O)C1. The molecule has 1 aromatic carbocycles. The molecule has 1 saturated heterocycles. The zero-order valence-electron chi connectivity index (χ0n) is 14.6. The van der Waals surface area contributed by atoms with E-state index in [2.05, 4.69) is 10.6 Å². The summed E-state index contributed by atoms with van der Waals surface area (Å²) in [7, 11) is 0. The molecule has 2 atom stereocenters. The van der Waals surface area contributed by atoms with Crippen LogP contribution in [0.15, 0.2) is 41.8 Å². The molecule has 0 radical (unpaired) electrons. The van der Waals surface area contributed by atoms with Gasteiger partial charge in [-0.3, -0.25) is 14.5 Å². The van der Waals surface area contributed by atoms with Crippen LogP contribution >= 0.6 is 11.3 Å². The van der Waals surface area contributed by atoms with E-state index in [1.807, 2.05) is 23.3 Å². The first kappa shape index (κ1) is 18.6. The molecule has 0 saturated carbocycles. The van der Waals surface area contributed by atoms with E-state index < -0.39 is 0 Å². The van der Waals surface area contributed by atoms with Crippen molar-refractivity contribution in [3.63, 3.8) is 0 Å². The van der Waals surface area contributed by atoms with E-state index in [0.29, 0.717) is 22.8 Å². The van der Waals surface area contributed by atoms with Crippen LogP contribution in [0.3, 0.4) is 0 Å². The number of carbonyl (C=O) groups excluding carboxylic acids is 2. The number of hydrogen-bond donors (Lipinski definition) is 3. The van der Waals surface area contributed by atoms with Crippen LogP contribution in [0.25, 0.3) is 0 Å². The Balaban J connectivity index is 1.55. The summed E-state index contributed by atoms with van der Waals surface area (Å²) in [5.41, 5.74) is 1.35. The number of benzene rings is 1. The van der Waals surface area contributed by atoms with Crippen LogP contribution in [0.2, 0.25) is 0 Å². The van der Waals surface area contributed by atoms with Crippen LogP contribution in [0.1, 0.15) is 29.4 Å². The second-order valence-corrected chi connectivity index (χ2v) is 7.41. The normalized spacial score (nSPS) is 18.9. The van der Waals surface area contributed by atoms with E-state index in [-0.39, 0.29) is 24.0 Å². The summed E-state index contributed by atoms with van der Waals surface area (Å²) in [4.78, 5) is 27.1. The van der Waals surface area contributed by atoms with Crippen molar-refractivity contribution in [2.24, 2.45) is 0 Å². The van der Waals surface area contributed by atoms with Crippen molar-refractivity contribution in [1.82, 2.24) is 4.90 Å². The number of piperidine rings is 1. The highest BCUT2D eigenvalue weighted by atomic mass is 32.1. The molecule has 2 aromatic rings. The third kappa shape index (κ3) is 4.69. The Morgan fingerprint density at radius 2 is 1.88 bits per heavy atom. The molecule has 0 unspecified atom stereocenters. The first-order chi connectivity index (χ1) is 12.5. The Labute approximate surface area is 156 Å². The van der Waals surface area contributed by atoms with Crippen LogP contribution in [0, 0.1) is 0 Å². The van der Waals surface area contributed by atoms with Crippen LogP contribution < -0.4 is 10.6 Å². The van der Waals surface area contributed by atoms with Crippen molar-refractivity contribution in [1.29, 1.82) is 0 Å². The number of hydrogen-bond acceptors (Lipinski definition) is 5. The van der Waals surface area contributed by atoms with Gasteiger partial charge in [-0.05, 0) is 62.0 Å². The molecule has 1 fully saturated rings. The molecule has 6 nitrogen and oxygen atoms in total. The summed E-state index contributed by atoms with van der Waals surface area (Å²) in [6, 6.07) is 10.4. The number of nitrogens with zero attached hydrogens (tertiary/aromatic N) is 1. The van der Waals surface area contributed by atoms with E-state index >= 15 is 0 Å². The second kappa shape index (κ2) is 8.44. The number of likely N-dealkylation sites (tertiary alicyclic amines) is 1. The molecular weight excluding hydrogens is 350 g/mol. The first-order valence-electron chi connectivity index (χ1n) is 8.71. The van der Waals surface area contributed by atoms with Gasteiger partial charge >= 0.3 is 0 Å². The number of nitrogens with one attached hydrogen (secondary N) is 2. The van der Waals surface area contributed by atoms with Crippen LogP contribution in [0.5, 0.6) is 0 Å². The Kier molecular flexibility index (Phi) is 6.03. The molecule has 1 aliphatic heterocycles. The Bertz CT molecular complexity index is 746. The first-order valence-corrected chi connectivity index (χ1v) is 9.59. The van der Waals surface area contributed by atoms with Gasteiger partial charge in [0.2, 0.25) is 5.91 Å². The lowest BCUT2D eigenvalue weighted by Crippen LogP contribution is -2.48. The molecular formula is C19H23N3O3S. The molecule has 7 heteroatoms. The quantitative estimate of drug-likeness (QED) is 0.753. The van der Waals surface area contributed by atoms with Gasteiger partial charge in [-0.25, -0.2) is 0 Å². The summed E-state index contributed by atoms with van der Waals surface area (Å²) >= 11 is 1.39. The third-order valence-corrected chi connectivity index (χ3v) is 5.38. The van der Waals surface area contributed by atoms with E-state index in [4.69, 9.17) is 0 Å². The average Bonchev–Trinajstić information content (AvgIpc) is 3.17. The van der Waals surface area contributed by atoms with E-state index in [0.717, 1.165) is 19.4 Å². The molecule has 1 aliphatic rings. The fourth-order valence-corrected chi connectivity index (χ4v) is 3.60. The lowest BCUT2D eigenvalue weighted by Gasteiger charge is -2.33. The number of aliphatic hydroxyl groups excluding tert-OH is 1. The maximum absolute atomic E-state index is 12.4. The standard InChI is InChI=1S/C19H23N3O3S/c1-13(22-10-2-4-16(23)12-22)18(24)20-14-6-8-15(9-7-14)21-19(25)17-5-3-11-26-17/h3,5-9,11,13,16,23H,2,4,10,12H2,1H3,(H,20,24)(H,21,25)/t13-,16+/m1/s1. The maximum Gasteiger partial charge on any atom is 0.265 e. The molecule has 0 bridgehead atoms. The third-order valence-electron chi connectivity index (χ3n) is 4.51. The number of aliphatic hydroxyl groups is 1. The zero-order valence-corrected chi connectivity index (χ0v) is 15.5. The lowest BCUT2D eigenvalue weighted by molar-refractivity contribution is -0.121. The van der Waals surface area contributed by atoms with Crippen molar-refractivity contribution in [2.75, 3.05) is 23.7 Å². The minimum Gasteiger partial charge on any atom is -0.392 e. The molecule has 0 spiro atoms. The molecule has 2 amide bonds. The van der Waals surface area contributed by atoms with Crippen LogP contribution in [-0.2, 0) is 4.79 Å². The lowest BCUT2D eigenvalue weighted by atomic mass is 10.1. The van der Waals surface area contributed by atoms with E-state index in [1.54, 1.807) is 30.3 Å². The fraction of sp³-hybridized carbons (Fsp3) is 0.368. The van der Waals surface area contributed by atoms with Crippen molar-refractivity contribution in [3.8, 4) is 0 Å². The molecule has 1 aromatic heterocycles. The van der Waals surface area contributed by atoms with Gasteiger partial charge in [0.05, 0.1) is 17.0 Å². The minimum atomic E-state index is -0.356. The van der Waals surface area contributed by atoms with Gasteiger partial charge in [-0.15, -0.1) is 11.3 Å². The van der Waals surface area contributed by atoms with Crippen LogP contribution in [0.4, 0.5) is 11.4 Å². The van der Waals surface area contributed by atoms with Gasteiger partial charge in [0.15, 0.2) is 0 Å². The Hall–Kier alpha value is -2.22. The topological polar surface area (TPSA) is 81.7 Å². The highest BCUT2D eigenvalue weighted by Crippen LogP contribution is 2.18. The predicted molar refractivity (Wildman–Crippen MR) is 104 cm³/mol. The largest absolute Gasteiger partial charge is 0.392 e. The average molecular weight is 373 g/mol. The number of anilines is 2. The van der Waals surface area contributed by atoms with E-state index in [9.17, 15) is 14.7 Å². The van der Waals surface area contributed by atoms with Crippen molar-refractivity contribution >= 4 is 34.5 Å². The fourth-order valence-electron chi connectivity index (χ4n) is 2.98. The van der Waals surface area contributed by atoms with Gasteiger partial charge in [0, 0.05) is 17.9 Å². The summed E-state index contributed by atoms with van der Waals surface area (Å²) in [5.74, 6) is -0.247. The molecule has 3 rings (SSSR count). The Morgan fingerprint density at radius 3 is 2.50 bits per heavy atom. The van der Waals surface area contributed by atoms with Gasteiger partial charge in [-0.2, -0.15) is 0 Å². The van der Waals surface area contributed by atoms with Gasteiger partial charge in [0.1, 0.15) is 0 Å². The van der Waals surface area contributed by atoms with E-state index in [1.165, 1.54) is 11.3 Å². The van der Waals surface area contributed by atoms with Crippen molar-refractivity contribution in [2.45, 2.75) is 31.9 Å². The maximum atomic E-state index is 12.4. The number of rotatable bonds is 5. The zero-order chi connectivity index (χ0) is 18.5. The Morgan fingerprint density at radius 1 is 1.19 bits per heavy atom. The molecule has 0 aliphatic carbocycles. The second-order valence-electron chi connectivity index (χ2n) is 6.46. The number of carbonyl (C=O) groups is 2. The number of amides is 2. The molecule has 3 N–H and O–H groups in total. The predicted octanol–water partition coefficient (Wildman–Crippen LogP) is 2.78. The molecule has 2 heterocycles. The number of β-amino-alcohol motifs (C(OH)–C–C–N with tert-alkyl or cyclic N) is 1.